The van der Waals surface area contributed by atoms with Crippen molar-refractivity contribution >= 4 is 0 Å². The van der Waals surface area contributed by atoms with Crippen LogP contribution in [0.25, 0.3) is 0 Å². The van der Waals surface area contributed by atoms with Crippen molar-refractivity contribution in [3.05, 3.63) is 0 Å². The Bertz CT molecular complexity index is 298. The number of hydrogen-bond acceptors (Lipinski definition) is 1. The molecule has 0 saturated heterocycles. The highest BCUT2D eigenvalue weighted by Gasteiger charge is 2.54. The minimum atomic E-state index is 0.152. The summed E-state index contributed by atoms with van der Waals surface area (Å²) in [7, 11) is 0. The lowest BCUT2D eigenvalue weighted by atomic mass is 9.45. The van der Waals surface area contributed by atoms with Crippen LogP contribution in [0.5, 0.6) is 0 Å². The normalized spacial score (nSPS) is 59.0. The molecule has 5 aliphatic carbocycles. The van der Waals surface area contributed by atoms with Gasteiger partial charge in [0.2, 0.25) is 0 Å². The Kier molecular flexibility index (Phi) is 2.45. The Labute approximate surface area is 112 Å². The van der Waals surface area contributed by atoms with Crippen LogP contribution in [0, 0.1) is 29.1 Å². The van der Waals surface area contributed by atoms with Gasteiger partial charge in [0.15, 0.2) is 0 Å². The van der Waals surface area contributed by atoms with Crippen molar-refractivity contribution in [1.29, 1.82) is 0 Å². The zero-order chi connectivity index (χ0) is 12.4. The SMILES string of the molecule is CC1(N)CCC(C23CC4CC(CC(C4)C2)C3)CC1. The lowest BCUT2D eigenvalue weighted by molar-refractivity contribution is -0.0980. The molecule has 4 bridgehead atoms. The molecule has 0 heterocycles. The van der Waals surface area contributed by atoms with Crippen molar-refractivity contribution in [2.45, 2.75) is 76.7 Å². The first-order chi connectivity index (χ1) is 8.55. The lowest BCUT2D eigenvalue weighted by Crippen LogP contribution is -2.52. The van der Waals surface area contributed by atoms with E-state index in [4.69, 9.17) is 5.73 Å². The molecule has 5 fully saturated rings. The van der Waals surface area contributed by atoms with E-state index in [0.29, 0.717) is 0 Å². The Morgan fingerprint density at radius 3 is 1.72 bits per heavy atom. The van der Waals surface area contributed by atoms with Gasteiger partial charge in [0.25, 0.3) is 0 Å². The molecule has 0 atom stereocenters. The van der Waals surface area contributed by atoms with Crippen molar-refractivity contribution in [3.63, 3.8) is 0 Å². The summed E-state index contributed by atoms with van der Waals surface area (Å²) in [5, 5.41) is 0. The summed E-state index contributed by atoms with van der Waals surface area (Å²) in [5.41, 5.74) is 7.27. The summed E-state index contributed by atoms with van der Waals surface area (Å²) >= 11 is 0. The van der Waals surface area contributed by atoms with E-state index in [1.165, 1.54) is 25.7 Å². The average Bonchev–Trinajstić information content (AvgIpc) is 2.26. The summed E-state index contributed by atoms with van der Waals surface area (Å²) in [4.78, 5) is 0. The molecule has 0 aromatic rings. The van der Waals surface area contributed by atoms with Crippen LogP contribution in [0.4, 0.5) is 0 Å². The van der Waals surface area contributed by atoms with E-state index in [-0.39, 0.29) is 5.54 Å². The molecule has 5 rings (SSSR count). The molecule has 2 N–H and O–H groups in total. The zero-order valence-corrected chi connectivity index (χ0v) is 12.0. The van der Waals surface area contributed by atoms with Gasteiger partial charge in [-0.15, -0.1) is 0 Å². The Morgan fingerprint density at radius 2 is 1.28 bits per heavy atom. The van der Waals surface area contributed by atoms with Crippen LogP contribution in [0.2, 0.25) is 0 Å². The van der Waals surface area contributed by atoms with Gasteiger partial charge in [0, 0.05) is 5.54 Å². The molecule has 0 aromatic carbocycles. The van der Waals surface area contributed by atoms with Crippen molar-refractivity contribution in [3.8, 4) is 0 Å². The third kappa shape index (κ3) is 1.77. The van der Waals surface area contributed by atoms with E-state index >= 15 is 0 Å². The molecule has 0 unspecified atom stereocenters. The van der Waals surface area contributed by atoms with Crippen molar-refractivity contribution in [2.24, 2.45) is 34.8 Å². The summed E-state index contributed by atoms with van der Waals surface area (Å²) in [6, 6.07) is 0. The van der Waals surface area contributed by atoms with Crippen LogP contribution in [0.15, 0.2) is 0 Å². The topological polar surface area (TPSA) is 26.0 Å². The minimum absolute atomic E-state index is 0.152. The quantitative estimate of drug-likeness (QED) is 0.741. The van der Waals surface area contributed by atoms with E-state index in [1.54, 1.807) is 38.5 Å². The van der Waals surface area contributed by atoms with Gasteiger partial charge in [-0.25, -0.2) is 0 Å². The first-order valence-electron chi connectivity index (χ1n) is 8.34. The van der Waals surface area contributed by atoms with Crippen LogP contribution in [-0.4, -0.2) is 5.54 Å². The number of nitrogens with two attached hydrogens (primary N) is 1. The van der Waals surface area contributed by atoms with Gasteiger partial charge in [0.1, 0.15) is 0 Å². The van der Waals surface area contributed by atoms with Crippen LogP contribution < -0.4 is 5.73 Å². The highest BCUT2D eigenvalue weighted by atomic mass is 14.7. The molecule has 5 saturated carbocycles. The van der Waals surface area contributed by atoms with Gasteiger partial charge in [-0.1, -0.05) is 0 Å². The average molecular weight is 247 g/mol. The van der Waals surface area contributed by atoms with E-state index in [1.807, 2.05) is 0 Å². The van der Waals surface area contributed by atoms with E-state index in [9.17, 15) is 0 Å². The second-order valence-electron chi connectivity index (χ2n) is 8.71. The third-order valence-electron chi connectivity index (χ3n) is 7.08. The molecular weight excluding hydrogens is 218 g/mol. The fourth-order valence-corrected chi connectivity index (χ4v) is 6.57. The smallest absolute Gasteiger partial charge is 0.0126 e. The second kappa shape index (κ2) is 3.75. The number of hydrogen-bond donors (Lipinski definition) is 1. The first-order valence-corrected chi connectivity index (χ1v) is 8.34. The summed E-state index contributed by atoms with van der Waals surface area (Å²) in [5.74, 6) is 4.37. The van der Waals surface area contributed by atoms with Gasteiger partial charge in [-0.05, 0) is 100 Å². The van der Waals surface area contributed by atoms with Crippen molar-refractivity contribution < 1.29 is 0 Å². The fourth-order valence-electron chi connectivity index (χ4n) is 6.57. The van der Waals surface area contributed by atoms with Crippen molar-refractivity contribution in [2.75, 3.05) is 0 Å². The van der Waals surface area contributed by atoms with Gasteiger partial charge >= 0.3 is 0 Å². The fraction of sp³-hybridized carbons (Fsp3) is 1.00. The van der Waals surface area contributed by atoms with Crippen LogP contribution in [0.3, 0.4) is 0 Å². The maximum Gasteiger partial charge on any atom is 0.0126 e. The zero-order valence-electron chi connectivity index (χ0n) is 12.0. The Hall–Kier alpha value is -0.0400. The summed E-state index contributed by atoms with van der Waals surface area (Å²) in [6.07, 6.45) is 14.9. The molecule has 0 aliphatic heterocycles. The molecule has 18 heavy (non-hydrogen) atoms. The standard InChI is InChI=1S/C17H29N/c1-16(18)4-2-15(3-5-16)17-9-12-6-13(10-17)8-14(7-12)11-17/h12-15H,2-11,18H2,1H3. The molecule has 0 aromatic heterocycles. The molecule has 1 nitrogen and oxygen atoms in total. The van der Waals surface area contributed by atoms with E-state index in [2.05, 4.69) is 6.92 Å². The summed E-state index contributed by atoms with van der Waals surface area (Å²) in [6.45, 7) is 2.27. The molecule has 0 spiro atoms. The van der Waals surface area contributed by atoms with Gasteiger partial charge in [-0.2, -0.15) is 0 Å². The molecule has 1 heteroatoms. The van der Waals surface area contributed by atoms with Gasteiger partial charge in [0.05, 0.1) is 0 Å². The predicted molar refractivity (Wildman–Crippen MR) is 75.2 cm³/mol. The minimum Gasteiger partial charge on any atom is -0.325 e. The highest BCUT2D eigenvalue weighted by Crippen LogP contribution is 2.64. The lowest BCUT2D eigenvalue weighted by Gasteiger charge is -2.61. The largest absolute Gasteiger partial charge is 0.325 e. The maximum absolute atomic E-state index is 6.33. The Balaban J connectivity index is 1.54. The predicted octanol–water partition coefficient (Wildman–Crippen LogP) is 4.11. The second-order valence-corrected chi connectivity index (χ2v) is 8.71. The van der Waals surface area contributed by atoms with Crippen LogP contribution >= 0.6 is 0 Å². The molecule has 0 radical (unpaired) electrons. The van der Waals surface area contributed by atoms with E-state index in [0.717, 1.165) is 29.1 Å². The van der Waals surface area contributed by atoms with Crippen LogP contribution in [0.1, 0.15) is 71.1 Å². The highest BCUT2D eigenvalue weighted by molar-refractivity contribution is 5.05. The van der Waals surface area contributed by atoms with Gasteiger partial charge in [-0.3, -0.25) is 0 Å². The Morgan fingerprint density at radius 1 is 0.833 bits per heavy atom. The molecular formula is C17H29N. The molecule has 5 aliphatic rings. The molecule has 0 amide bonds. The monoisotopic (exact) mass is 247 g/mol. The molecule has 102 valence electrons. The third-order valence-corrected chi connectivity index (χ3v) is 7.08. The maximum atomic E-state index is 6.33. The van der Waals surface area contributed by atoms with Crippen molar-refractivity contribution in [1.82, 2.24) is 0 Å². The summed E-state index contributed by atoms with van der Waals surface area (Å²) < 4.78 is 0. The first kappa shape index (κ1) is 11.8. The van der Waals surface area contributed by atoms with Gasteiger partial charge < -0.3 is 5.73 Å². The van der Waals surface area contributed by atoms with E-state index < -0.39 is 0 Å². The number of rotatable bonds is 1. The van der Waals surface area contributed by atoms with Crippen LogP contribution in [-0.2, 0) is 0 Å².